The first-order valence-corrected chi connectivity index (χ1v) is 13.7. The monoisotopic (exact) mass is 533 g/mol. The molecule has 2 rings (SSSR count). The van der Waals surface area contributed by atoms with Gasteiger partial charge in [0.25, 0.3) is 0 Å². The number of hydrogen-bond acceptors (Lipinski definition) is 5. The van der Waals surface area contributed by atoms with E-state index >= 15 is 0 Å². The highest BCUT2D eigenvalue weighted by Gasteiger charge is 2.36. The minimum atomic E-state index is -0.857. The van der Waals surface area contributed by atoms with Crippen LogP contribution in [0.1, 0.15) is 84.0 Å². The molecule has 0 aromatic heterocycles. The van der Waals surface area contributed by atoms with Gasteiger partial charge in [-0.25, -0.2) is 0 Å². The SMILES string of the molecule is C=C1C=CC(CCC(=O)C(=O)[C@@H](CC(=O)[C@H](C)NC(=O)[C@@H](CC(=O)c2ccccc2)C(C)(C)C)C(C)C)=CC1. The highest BCUT2D eigenvalue weighted by atomic mass is 16.2. The molecule has 3 atom stereocenters. The zero-order valence-electron chi connectivity index (χ0n) is 24.2. The summed E-state index contributed by atoms with van der Waals surface area (Å²) in [7, 11) is 0. The summed E-state index contributed by atoms with van der Waals surface area (Å²) in [5.41, 5.74) is 2.01. The van der Waals surface area contributed by atoms with Crippen LogP contribution in [-0.4, -0.2) is 35.1 Å². The van der Waals surface area contributed by atoms with Crippen LogP contribution in [-0.2, 0) is 19.2 Å². The third kappa shape index (κ3) is 9.68. The van der Waals surface area contributed by atoms with E-state index in [1.165, 1.54) is 0 Å². The predicted octanol–water partition coefficient (Wildman–Crippen LogP) is 6.02. The van der Waals surface area contributed by atoms with Crippen molar-refractivity contribution in [2.75, 3.05) is 0 Å². The number of amides is 1. The van der Waals surface area contributed by atoms with E-state index in [4.69, 9.17) is 0 Å². The van der Waals surface area contributed by atoms with Gasteiger partial charge in [0.05, 0.1) is 12.0 Å². The van der Waals surface area contributed by atoms with Crippen molar-refractivity contribution in [1.29, 1.82) is 0 Å². The van der Waals surface area contributed by atoms with E-state index < -0.39 is 34.9 Å². The first-order chi connectivity index (χ1) is 18.2. The molecular formula is C33H43NO5. The third-order valence-electron chi connectivity index (χ3n) is 7.33. The summed E-state index contributed by atoms with van der Waals surface area (Å²) in [5, 5.41) is 2.77. The number of rotatable bonds is 14. The van der Waals surface area contributed by atoms with Crippen LogP contribution in [0.25, 0.3) is 0 Å². The van der Waals surface area contributed by atoms with E-state index in [0.29, 0.717) is 12.0 Å². The molecule has 0 radical (unpaired) electrons. The van der Waals surface area contributed by atoms with Gasteiger partial charge in [0.15, 0.2) is 17.3 Å². The number of hydrogen-bond donors (Lipinski definition) is 1. The van der Waals surface area contributed by atoms with Gasteiger partial charge < -0.3 is 5.32 Å². The fourth-order valence-corrected chi connectivity index (χ4v) is 4.54. The molecule has 6 nitrogen and oxygen atoms in total. The molecule has 0 spiro atoms. The van der Waals surface area contributed by atoms with Crippen LogP contribution in [0.3, 0.4) is 0 Å². The maximum Gasteiger partial charge on any atom is 0.224 e. The Morgan fingerprint density at radius 3 is 2.13 bits per heavy atom. The smallest absolute Gasteiger partial charge is 0.224 e. The Kier molecular flexibility index (Phi) is 11.5. The normalized spacial score (nSPS) is 15.8. The lowest BCUT2D eigenvalue weighted by Crippen LogP contribution is -2.46. The van der Waals surface area contributed by atoms with E-state index in [1.807, 2.05) is 58.9 Å². The molecule has 0 aliphatic heterocycles. The molecule has 1 N–H and O–H groups in total. The number of carbonyl (C=O) groups is 5. The lowest BCUT2D eigenvalue weighted by Gasteiger charge is -2.30. The molecule has 1 amide bonds. The van der Waals surface area contributed by atoms with Gasteiger partial charge >= 0.3 is 0 Å². The van der Waals surface area contributed by atoms with Gasteiger partial charge in [0, 0.05) is 30.7 Å². The van der Waals surface area contributed by atoms with Crippen LogP contribution in [0.15, 0.2) is 66.3 Å². The fourth-order valence-electron chi connectivity index (χ4n) is 4.54. The topological polar surface area (TPSA) is 97.4 Å². The number of Topliss-reactive ketones (excluding diaryl/α,β-unsaturated/α-hetero) is 4. The Bertz CT molecular complexity index is 1150. The van der Waals surface area contributed by atoms with Gasteiger partial charge in [-0.15, -0.1) is 0 Å². The van der Waals surface area contributed by atoms with Gasteiger partial charge in [-0.1, -0.05) is 101 Å². The predicted molar refractivity (Wildman–Crippen MR) is 154 cm³/mol. The molecule has 0 fully saturated rings. The highest BCUT2D eigenvalue weighted by molar-refractivity contribution is 6.38. The van der Waals surface area contributed by atoms with Gasteiger partial charge in [-0.3, -0.25) is 24.0 Å². The average molecular weight is 534 g/mol. The van der Waals surface area contributed by atoms with Crippen LogP contribution in [0, 0.1) is 23.2 Å². The van der Waals surface area contributed by atoms with Crippen molar-refractivity contribution in [3.05, 3.63) is 71.8 Å². The van der Waals surface area contributed by atoms with Crippen molar-refractivity contribution in [2.45, 2.75) is 79.7 Å². The van der Waals surface area contributed by atoms with Crippen LogP contribution < -0.4 is 5.32 Å². The standard InChI is InChI=1S/C33H43NO5/c1-21(2)26(31(38)28(35)18-17-24-15-13-22(3)14-16-24)19-29(36)23(4)34-32(39)27(33(5,6)7)20-30(37)25-11-9-8-10-12-25/h8-13,15-16,21,23,26-27H,3,14,17-20H2,1-2,4-7H3,(H,34,39)/t23-,26-,27+/m0/s1. The van der Waals surface area contributed by atoms with E-state index in [2.05, 4.69) is 11.9 Å². The summed E-state index contributed by atoms with van der Waals surface area (Å²) in [5.74, 6) is -3.47. The van der Waals surface area contributed by atoms with Crippen molar-refractivity contribution < 1.29 is 24.0 Å². The second-order valence-electron chi connectivity index (χ2n) is 11.9. The summed E-state index contributed by atoms with van der Waals surface area (Å²) in [6.45, 7) is 14.8. The summed E-state index contributed by atoms with van der Waals surface area (Å²) >= 11 is 0. The molecule has 1 aliphatic rings. The lowest BCUT2D eigenvalue weighted by molar-refractivity contribution is -0.141. The molecule has 0 saturated carbocycles. The Morgan fingerprint density at radius 1 is 0.949 bits per heavy atom. The van der Waals surface area contributed by atoms with Crippen LogP contribution in [0.2, 0.25) is 0 Å². The van der Waals surface area contributed by atoms with Gasteiger partial charge in [-0.2, -0.15) is 0 Å². The molecule has 210 valence electrons. The lowest BCUT2D eigenvalue weighted by atomic mass is 9.76. The van der Waals surface area contributed by atoms with Crippen molar-refractivity contribution >= 4 is 29.0 Å². The first kappa shape index (κ1) is 31.8. The molecule has 1 aromatic rings. The Hall–Kier alpha value is -3.41. The highest BCUT2D eigenvalue weighted by Crippen LogP contribution is 2.30. The van der Waals surface area contributed by atoms with Gasteiger partial charge in [0.1, 0.15) is 0 Å². The largest absolute Gasteiger partial charge is 0.346 e. The molecule has 39 heavy (non-hydrogen) atoms. The second kappa shape index (κ2) is 14.1. The molecule has 0 unspecified atom stereocenters. The first-order valence-electron chi connectivity index (χ1n) is 13.7. The maximum atomic E-state index is 13.2. The number of benzene rings is 1. The van der Waals surface area contributed by atoms with Crippen molar-refractivity contribution in [3.8, 4) is 0 Å². The summed E-state index contributed by atoms with van der Waals surface area (Å²) in [6, 6.07) is 7.96. The second-order valence-corrected chi connectivity index (χ2v) is 11.9. The molecule has 0 bridgehead atoms. The summed E-state index contributed by atoms with van der Waals surface area (Å²) in [4.78, 5) is 64.9. The molecule has 1 aliphatic carbocycles. The zero-order valence-corrected chi connectivity index (χ0v) is 24.2. The molecule has 6 heteroatoms. The van der Waals surface area contributed by atoms with Crippen LogP contribution >= 0.6 is 0 Å². The van der Waals surface area contributed by atoms with Gasteiger partial charge in [0.2, 0.25) is 11.7 Å². The summed E-state index contributed by atoms with van der Waals surface area (Å²) < 4.78 is 0. The minimum absolute atomic E-state index is 0.0155. The molecule has 1 aromatic carbocycles. The summed E-state index contributed by atoms with van der Waals surface area (Å²) in [6.07, 6.45) is 7.01. The molecule has 0 heterocycles. The van der Waals surface area contributed by atoms with Crippen LogP contribution in [0.5, 0.6) is 0 Å². The van der Waals surface area contributed by atoms with E-state index in [9.17, 15) is 24.0 Å². The molecule has 0 saturated heterocycles. The zero-order chi connectivity index (χ0) is 29.3. The van der Waals surface area contributed by atoms with Crippen molar-refractivity contribution in [1.82, 2.24) is 5.32 Å². The number of ketones is 4. The average Bonchev–Trinajstić information content (AvgIpc) is 2.88. The van der Waals surface area contributed by atoms with E-state index in [0.717, 1.165) is 17.6 Å². The number of nitrogens with one attached hydrogen (secondary N) is 1. The fraction of sp³-hybridized carbons (Fsp3) is 0.485. The van der Waals surface area contributed by atoms with Gasteiger partial charge in [-0.05, 0) is 31.1 Å². The maximum absolute atomic E-state index is 13.2. The number of allylic oxidation sites excluding steroid dienone is 5. The Balaban J connectivity index is 2.01. The van der Waals surface area contributed by atoms with Crippen LogP contribution in [0.4, 0.5) is 0 Å². The Morgan fingerprint density at radius 2 is 1.59 bits per heavy atom. The van der Waals surface area contributed by atoms with E-state index in [1.54, 1.807) is 31.2 Å². The van der Waals surface area contributed by atoms with E-state index in [-0.39, 0.29) is 42.7 Å². The Labute approximate surface area is 233 Å². The number of carbonyl (C=O) groups excluding carboxylic acids is 5. The molecular weight excluding hydrogens is 490 g/mol. The quantitative estimate of drug-likeness (QED) is 0.233. The van der Waals surface area contributed by atoms with Crippen molar-refractivity contribution in [3.63, 3.8) is 0 Å². The third-order valence-corrected chi connectivity index (χ3v) is 7.33. The van der Waals surface area contributed by atoms with Crippen molar-refractivity contribution in [2.24, 2.45) is 23.2 Å². The minimum Gasteiger partial charge on any atom is -0.346 e.